The molecule has 7 heteroatoms. The van der Waals surface area contributed by atoms with E-state index in [0.717, 1.165) is 24.8 Å². The Bertz CT molecular complexity index is 654. The number of carboxylic acid groups (broad SMARTS) is 1. The van der Waals surface area contributed by atoms with Crippen molar-refractivity contribution in [2.75, 3.05) is 0 Å². The molecule has 0 saturated heterocycles. The summed E-state index contributed by atoms with van der Waals surface area (Å²) in [5.74, 6) is -1.68. The minimum Gasteiger partial charge on any atom is -0.478 e. The third-order valence-electron chi connectivity index (χ3n) is 4.29. The molecule has 0 bridgehead atoms. The van der Waals surface area contributed by atoms with Crippen LogP contribution in [0.5, 0.6) is 5.75 Å². The summed E-state index contributed by atoms with van der Waals surface area (Å²) in [6, 6.07) is 4.29. The van der Waals surface area contributed by atoms with Crippen LogP contribution in [0.3, 0.4) is 0 Å². The Kier molecular flexibility index (Phi) is 10.3. The molecule has 0 unspecified atom stereocenters. The van der Waals surface area contributed by atoms with Gasteiger partial charge in [-0.15, -0.1) is 0 Å². The lowest BCUT2D eigenvalue weighted by Gasteiger charge is -2.08. The molecule has 0 amide bonds. The van der Waals surface area contributed by atoms with E-state index in [9.17, 15) is 18.3 Å². The van der Waals surface area contributed by atoms with Crippen molar-refractivity contribution in [1.29, 1.82) is 0 Å². The summed E-state index contributed by atoms with van der Waals surface area (Å²) in [5.41, 5.74) is 0.539. The summed E-state index contributed by atoms with van der Waals surface area (Å²) < 4.78 is 34.6. The van der Waals surface area contributed by atoms with Crippen LogP contribution in [0.4, 0.5) is 0 Å². The van der Waals surface area contributed by atoms with E-state index in [4.69, 9.17) is 4.55 Å². The third-order valence-corrected chi connectivity index (χ3v) is 4.68. The SMILES string of the molecule is CCCCCCCCCCCCc1ccc(OS(=O)(=O)O)c(C(=O)O)c1. The van der Waals surface area contributed by atoms with Crippen molar-refractivity contribution < 1.29 is 27.1 Å². The molecule has 0 spiro atoms. The zero-order chi connectivity index (χ0) is 19.4. The Morgan fingerprint density at radius 2 is 1.50 bits per heavy atom. The number of unbranched alkanes of at least 4 members (excludes halogenated alkanes) is 9. The lowest BCUT2D eigenvalue weighted by Crippen LogP contribution is -2.10. The molecule has 2 N–H and O–H groups in total. The van der Waals surface area contributed by atoms with Gasteiger partial charge in [0.25, 0.3) is 0 Å². The van der Waals surface area contributed by atoms with Gasteiger partial charge in [0, 0.05) is 0 Å². The molecule has 0 fully saturated rings. The van der Waals surface area contributed by atoms with Gasteiger partial charge in [-0.05, 0) is 30.5 Å². The molecule has 148 valence electrons. The molecule has 1 aromatic carbocycles. The highest BCUT2D eigenvalue weighted by atomic mass is 32.3. The maximum Gasteiger partial charge on any atom is 0.446 e. The van der Waals surface area contributed by atoms with Crippen molar-refractivity contribution in [2.24, 2.45) is 0 Å². The summed E-state index contributed by atoms with van der Waals surface area (Å²) in [5, 5.41) is 9.18. The van der Waals surface area contributed by atoms with Gasteiger partial charge < -0.3 is 9.29 Å². The van der Waals surface area contributed by atoms with Crippen LogP contribution in [-0.4, -0.2) is 24.0 Å². The Hall–Kier alpha value is -1.60. The highest BCUT2D eigenvalue weighted by Crippen LogP contribution is 2.23. The maximum absolute atomic E-state index is 11.2. The molecule has 0 radical (unpaired) electrons. The number of hydrogen-bond donors (Lipinski definition) is 2. The lowest BCUT2D eigenvalue weighted by atomic mass is 10.0. The Labute approximate surface area is 156 Å². The van der Waals surface area contributed by atoms with Gasteiger partial charge in [0.15, 0.2) is 5.75 Å². The van der Waals surface area contributed by atoms with Gasteiger partial charge >= 0.3 is 16.4 Å². The van der Waals surface area contributed by atoms with Crippen molar-refractivity contribution >= 4 is 16.4 Å². The van der Waals surface area contributed by atoms with E-state index >= 15 is 0 Å². The second-order valence-corrected chi connectivity index (χ2v) is 7.60. The average Bonchev–Trinajstić information content (AvgIpc) is 2.56. The molecule has 0 aliphatic heterocycles. The fourth-order valence-electron chi connectivity index (χ4n) is 2.90. The molecule has 6 nitrogen and oxygen atoms in total. The van der Waals surface area contributed by atoms with Crippen LogP contribution in [0, 0.1) is 0 Å². The first-order valence-corrected chi connectivity index (χ1v) is 10.7. The van der Waals surface area contributed by atoms with Gasteiger partial charge in [-0.1, -0.05) is 70.8 Å². The van der Waals surface area contributed by atoms with Crippen LogP contribution in [0.15, 0.2) is 18.2 Å². The van der Waals surface area contributed by atoms with Crippen molar-refractivity contribution in [3.63, 3.8) is 0 Å². The fraction of sp³-hybridized carbons (Fsp3) is 0.632. The zero-order valence-electron chi connectivity index (χ0n) is 15.4. The number of benzene rings is 1. The summed E-state index contributed by atoms with van der Waals surface area (Å²) in [7, 11) is -4.75. The normalized spacial score (nSPS) is 11.5. The minimum atomic E-state index is -4.75. The molecule has 0 saturated carbocycles. The van der Waals surface area contributed by atoms with Gasteiger partial charge in [-0.3, -0.25) is 4.55 Å². The molecule has 1 rings (SSSR count). The van der Waals surface area contributed by atoms with Crippen LogP contribution in [-0.2, 0) is 16.8 Å². The maximum atomic E-state index is 11.2. The molecular formula is C19H30O6S. The molecule has 1 aromatic rings. The third kappa shape index (κ3) is 9.77. The summed E-state index contributed by atoms with van der Waals surface area (Å²) in [6.07, 6.45) is 13.0. The predicted octanol–water partition coefficient (Wildman–Crippen LogP) is 5.03. The quantitative estimate of drug-likeness (QED) is 0.343. The summed E-state index contributed by atoms with van der Waals surface area (Å²) in [4.78, 5) is 11.2. The molecule has 0 aliphatic rings. The summed E-state index contributed by atoms with van der Waals surface area (Å²) >= 11 is 0. The van der Waals surface area contributed by atoms with Crippen molar-refractivity contribution in [3.8, 4) is 5.75 Å². The van der Waals surface area contributed by atoms with E-state index < -0.39 is 16.4 Å². The number of aromatic carboxylic acids is 1. The largest absolute Gasteiger partial charge is 0.478 e. The standard InChI is InChI=1S/C19H30O6S/c1-2-3-4-5-6-7-8-9-10-11-12-16-13-14-18(25-26(22,23)24)17(15-16)19(20)21/h13-15H,2-12H2,1H3,(H,20,21)(H,22,23,24). The highest BCUT2D eigenvalue weighted by molar-refractivity contribution is 7.81. The van der Waals surface area contributed by atoms with Gasteiger partial charge in [-0.2, -0.15) is 8.42 Å². The Morgan fingerprint density at radius 3 is 2.00 bits per heavy atom. The highest BCUT2D eigenvalue weighted by Gasteiger charge is 2.17. The molecule has 26 heavy (non-hydrogen) atoms. The fourth-order valence-corrected chi connectivity index (χ4v) is 3.27. The van der Waals surface area contributed by atoms with Gasteiger partial charge in [0.2, 0.25) is 0 Å². The van der Waals surface area contributed by atoms with Crippen molar-refractivity contribution in [2.45, 2.75) is 77.6 Å². The molecule has 0 atom stereocenters. The molecule has 0 heterocycles. The van der Waals surface area contributed by atoms with Crippen LogP contribution in [0.2, 0.25) is 0 Å². The zero-order valence-corrected chi connectivity index (χ0v) is 16.3. The van der Waals surface area contributed by atoms with Crippen LogP contribution in [0.25, 0.3) is 0 Å². The smallest absolute Gasteiger partial charge is 0.446 e. The first kappa shape index (κ1) is 22.4. The first-order valence-electron chi connectivity index (χ1n) is 9.36. The molecular weight excluding hydrogens is 356 g/mol. The summed E-state index contributed by atoms with van der Waals surface area (Å²) in [6.45, 7) is 2.22. The Balaban J connectivity index is 2.35. The van der Waals surface area contributed by atoms with Gasteiger partial charge in [0.1, 0.15) is 5.56 Å². The van der Waals surface area contributed by atoms with Crippen LogP contribution >= 0.6 is 0 Å². The number of carboxylic acids is 1. The molecule has 0 aromatic heterocycles. The average molecular weight is 387 g/mol. The first-order chi connectivity index (χ1) is 12.3. The monoisotopic (exact) mass is 386 g/mol. The van der Waals surface area contributed by atoms with E-state index in [-0.39, 0.29) is 11.3 Å². The van der Waals surface area contributed by atoms with E-state index in [2.05, 4.69) is 11.1 Å². The second kappa shape index (κ2) is 11.9. The predicted molar refractivity (Wildman–Crippen MR) is 101 cm³/mol. The number of carbonyl (C=O) groups is 1. The van der Waals surface area contributed by atoms with Crippen LogP contribution < -0.4 is 4.18 Å². The van der Waals surface area contributed by atoms with Gasteiger partial charge in [0.05, 0.1) is 0 Å². The van der Waals surface area contributed by atoms with Crippen LogP contribution in [0.1, 0.15) is 87.1 Å². The topological polar surface area (TPSA) is 101 Å². The van der Waals surface area contributed by atoms with E-state index in [0.29, 0.717) is 0 Å². The van der Waals surface area contributed by atoms with Crippen molar-refractivity contribution in [3.05, 3.63) is 29.3 Å². The minimum absolute atomic E-state index is 0.271. The van der Waals surface area contributed by atoms with Crippen molar-refractivity contribution in [1.82, 2.24) is 0 Å². The lowest BCUT2D eigenvalue weighted by molar-refractivity contribution is 0.0695. The number of aryl methyl sites for hydroxylation is 1. The number of hydrogen-bond acceptors (Lipinski definition) is 4. The number of rotatable bonds is 14. The second-order valence-electron chi connectivity index (χ2n) is 6.58. The molecule has 0 aliphatic carbocycles. The van der Waals surface area contributed by atoms with E-state index in [1.165, 1.54) is 63.5 Å². The Morgan fingerprint density at radius 1 is 0.962 bits per heavy atom. The van der Waals surface area contributed by atoms with Gasteiger partial charge in [-0.25, -0.2) is 4.79 Å². The van der Waals surface area contributed by atoms with E-state index in [1.54, 1.807) is 6.07 Å². The van der Waals surface area contributed by atoms with E-state index in [1.807, 2.05) is 0 Å².